The maximum absolute atomic E-state index is 13.1. The molecule has 110 valence electrons. The zero-order chi connectivity index (χ0) is 14.6. The first kappa shape index (κ1) is 15.0. The Balaban J connectivity index is 2.25. The van der Waals surface area contributed by atoms with Gasteiger partial charge in [0.05, 0.1) is 5.41 Å². The first-order chi connectivity index (χ1) is 9.60. The summed E-state index contributed by atoms with van der Waals surface area (Å²) in [5.74, 6) is -0.0382. The van der Waals surface area contributed by atoms with Crippen molar-refractivity contribution < 1.29 is 9.18 Å². The van der Waals surface area contributed by atoms with Crippen molar-refractivity contribution in [1.82, 2.24) is 4.90 Å². The molecule has 2 rings (SSSR count). The van der Waals surface area contributed by atoms with Crippen LogP contribution in [-0.4, -0.2) is 24.4 Å². The average molecular weight is 277 g/mol. The van der Waals surface area contributed by atoms with Crippen LogP contribution in [0.5, 0.6) is 0 Å². The van der Waals surface area contributed by atoms with E-state index in [2.05, 4.69) is 6.92 Å². The summed E-state index contributed by atoms with van der Waals surface area (Å²) in [6.45, 7) is 2.93. The molecule has 1 aromatic carbocycles. The van der Waals surface area contributed by atoms with Gasteiger partial charge in [-0.05, 0) is 37.0 Å². The molecule has 0 radical (unpaired) electrons. The molecule has 0 atom stereocenters. The van der Waals surface area contributed by atoms with Gasteiger partial charge in [0.15, 0.2) is 0 Å². The molecule has 0 aromatic heterocycles. The van der Waals surface area contributed by atoms with E-state index in [9.17, 15) is 9.18 Å². The molecule has 1 aromatic rings. The van der Waals surface area contributed by atoms with Crippen molar-refractivity contribution in [3.05, 3.63) is 35.6 Å². The van der Waals surface area contributed by atoms with Gasteiger partial charge in [-0.15, -0.1) is 0 Å². The van der Waals surface area contributed by atoms with E-state index in [1.54, 1.807) is 12.1 Å². The van der Waals surface area contributed by atoms with E-state index in [1.807, 2.05) is 11.9 Å². The summed E-state index contributed by atoms with van der Waals surface area (Å²) < 4.78 is 13.1. The molecule has 0 heterocycles. The van der Waals surface area contributed by atoms with Crippen LogP contribution >= 0.6 is 0 Å². The van der Waals surface area contributed by atoms with Gasteiger partial charge in [-0.1, -0.05) is 38.3 Å². The number of carbonyl (C=O) groups excluding carboxylic acids is 1. The van der Waals surface area contributed by atoms with Gasteiger partial charge >= 0.3 is 0 Å². The molecule has 0 spiro atoms. The number of hydrogen-bond acceptors (Lipinski definition) is 1. The van der Waals surface area contributed by atoms with Crippen molar-refractivity contribution >= 4 is 5.91 Å². The monoisotopic (exact) mass is 277 g/mol. The van der Waals surface area contributed by atoms with Crippen LogP contribution in [0.1, 0.15) is 51.0 Å². The number of likely N-dealkylation sites (N-methyl/N-ethyl adjacent to an activating group) is 1. The second kappa shape index (κ2) is 6.38. The van der Waals surface area contributed by atoms with Gasteiger partial charge < -0.3 is 4.90 Å². The number of benzene rings is 1. The third-order valence-corrected chi connectivity index (χ3v) is 4.46. The summed E-state index contributed by atoms with van der Waals surface area (Å²) in [5, 5.41) is 0. The van der Waals surface area contributed by atoms with Gasteiger partial charge in [0.1, 0.15) is 5.82 Å². The van der Waals surface area contributed by atoms with Crippen LogP contribution in [0.4, 0.5) is 4.39 Å². The smallest absolute Gasteiger partial charge is 0.232 e. The van der Waals surface area contributed by atoms with Gasteiger partial charge in [0.2, 0.25) is 5.91 Å². The Morgan fingerprint density at radius 1 is 1.25 bits per heavy atom. The fourth-order valence-electron chi connectivity index (χ4n) is 3.24. The summed E-state index contributed by atoms with van der Waals surface area (Å²) >= 11 is 0. The largest absolute Gasteiger partial charge is 0.345 e. The van der Waals surface area contributed by atoms with Gasteiger partial charge in [0.25, 0.3) is 0 Å². The van der Waals surface area contributed by atoms with E-state index in [4.69, 9.17) is 0 Å². The first-order valence-corrected chi connectivity index (χ1v) is 7.62. The summed E-state index contributed by atoms with van der Waals surface area (Å²) in [6, 6.07) is 6.50. The summed E-state index contributed by atoms with van der Waals surface area (Å²) in [4.78, 5) is 14.7. The number of nitrogens with zero attached hydrogens (tertiary/aromatic N) is 1. The summed E-state index contributed by atoms with van der Waals surface area (Å²) in [6.07, 6.45) is 6.03. The van der Waals surface area contributed by atoms with Crippen LogP contribution in [0.25, 0.3) is 0 Å². The van der Waals surface area contributed by atoms with E-state index in [1.165, 1.54) is 12.1 Å². The van der Waals surface area contributed by atoms with Crippen molar-refractivity contribution in [3.8, 4) is 0 Å². The third-order valence-electron chi connectivity index (χ3n) is 4.46. The highest BCUT2D eigenvalue weighted by Crippen LogP contribution is 2.42. The maximum atomic E-state index is 13.1. The molecule has 1 saturated carbocycles. The third kappa shape index (κ3) is 2.87. The van der Waals surface area contributed by atoms with Gasteiger partial charge in [-0.3, -0.25) is 4.79 Å². The molecule has 0 N–H and O–H groups in total. The minimum Gasteiger partial charge on any atom is -0.345 e. The number of amides is 1. The van der Waals surface area contributed by atoms with Crippen molar-refractivity contribution in [2.45, 2.75) is 50.9 Å². The Morgan fingerprint density at radius 3 is 2.40 bits per heavy atom. The van der Waals surface area contributed by atoms with Gasteiger partial charge in [-0.25, -0.2) is 4.39 Å². The zero-order valence-corrected chi connectivity index (χ0v) is 12.5. The highest BCUT2D eigenvalue weighted by atomic mass is 19.1. The predicted octanol–water partition coefficient (Wildman–Crippen LogP) is 3.90. The lowest BCUT2D eigenvalue weighted by Crippen LogP contribution is -2.44. The second-order valence-electron chi connectivity index (χ2n) is 5.88. The zero-order valence-electron chi connectivity index (χ0n) is 12.5. The van der Waals surface area contributed by atoms with Crippen LogP contribution in [-0.2, 0) is 10.2 Å². The van der Waals surface area contributed by atoms with Gasteiger partial charge in [0, 0.05) is 13.6 Å². The predicted molar refractivity (Wildman–Crippen MR) is 79.1 cm³/mol. The minimum absolute atomic E-state index is 0.204. The molecular weight excluding hydrogens is 253 g/mol. The fraction of sp³-hybridized carbons (Fsp3) is 0.588. The molecule has 0 unspecified atom stereocenters. The number of rotatable bonds is 5. The average Bonchev–Trinajstić information content (AvgIpc) is 2.95. The highest BCUT2D eigenvalue weighted by molar-refractivity contribution is 5.88. The molecule has 3 heteroatoms. The molecule has 1 aliphatic carbocycles. The van der Waals surface area contributed by atoms with Crippen molar-refractivity contribution in [2.75, 3.05) is 13.6 Å². The molecule has 0 aliphatic heterocycles. The lowest BCUT2D eigenvalue weighted by molar-refractivity contribution is -0.136. The van der Waals surface area contributed by atoms with E-state index in [0.29, 0.717) is 0 Å². The van der Waals surface area contributed by atoms with Gasteiger partial charge in [-0.2, -0.15) is 0 Å². The molecule has 1 amide bonds. The van der Waals surface area contributed by atoms with Crippen LogP contribution in [0.15, 0.2) is 24.3 Å². The Hall–Kier alpha value is -1.38. The van der Waals surface area contributed by atoms with Crippen LogP contribution in [0.3, 0.4) is 0 Å². The van der Waals surface area contributed by atoms with Crippen molar-refractivity contribution in [1.29, 1.82) is 0 Å². The van der Waals surface area contributed by atoms with Crippen molar-refractivity contribution in [2.24, 2.45) is 0 Å². The molecular formula is C17H24FNO. The van der Waals surface area contributed by atoms with Crippen LogP contribution in [0.2, 0.25) is 0 Å². The molecule has 1 aliphatic rings. The normalized spacial score (nSPS) is 17.1. The van der Waals surface area contributed by atoms with E-state index < -0.39 is 5.41 Å². The molecule has 2 nitrogen and oxygen atoms in total. The summed E-state index contributed by atoms with van der Waals surface area (Å²) in [5.41, 5.74) is 0.556. The first-order valence-electron chi connectivity index (χ1n) is 7.62. The lowest BCUT2D eigenvalue weighted by Gasteiger charge is -2.33. The molecule has 0 bridgehead atoms. The molecule has 20 heavy (non-hydrogen) atoms. The number of hydrogen-bond donors (Lipinski definition) is 0. The Morgan fingerprint density at radius 2 is 1.85 bits per heavy atom. The topological polar surface area (TPSA) is 20.3 Å². The van der Waals surface area contributed by atoms with E-state index in [0.717, 1.165) is 50.6 Å². The second-order valence-corrected chi connectivity index (χ2v) is 5.88. The van der Waals surface area contributed by atoms with E-state index >= 15 is 0 Å². The quantitative estimate of drug-likeness (QED) is 0.799. The number of unbranched alkanes of at least 4 members (excludes halogenated alkanes) is 1. The standard InChI is InChI=1S/C17H24FNO/c1-3-4-13-19(2)16(20)17(11-5-6-12-17)14-7-9-15(18)10-8-14/h7-10H,3-6,11-13H2,1-2H3. The van der Waals surface area contributed by atoms with E-state index in [-0.39, 0.29) is 11.7 Å². The summed E-state index contributed by atoms with van der Waals surface area (Å²) in [7, 11) is 1.89. The molecule has 1 fully saturated rings. The minimum atomic E-state index is -0.420. The van der Waals surface area contributed by atoms with Crippen molar-refractivity contribution in [3.63, 3.8) is 0 Å². The highest BCUT2D eigenvalue weighted by Gasteiger charge is 2.43. The SMILES string of the molecule is CCCCN(C)C(=O)C1(c2ccc(F)cc2)CCCC1. The lowest BCUT2D eigenvalue weighted by atomic mass is 9.77. The number of carbonyl (C=O) groups is 1. The molecule has 0 saturated heterocycles. The Bertz CT molecular complexity index is 449. The fourth-order valence-corrected chi connectivity index (χ4v) is 3.24. The van der Waals surface area contributed by atoms with Crippen LogP contribution < -0.4 is 0 Å². The number of halogens is 1. The Labute approximate surface area is 121 Å². The Kier molecular flexibility index (Phi) is 4.79. The van der Waals surface area contributed by atoms with Crippen LogP contribution in [0, 0.1) is 5.82 Å². The maximum Gasteiger partial charge on any atom is 0.232 e.